The number of rotatable bonds is 4. The molecule has 4 aromatic heterocycles. The molecule has 0 unspecified atom stereocenters. The zero-order chi connectivity index (χ0) is 34.2. The molecule has 0 aliphatic heterocycles. The summed E-state index contributed by atoms with van der Waals surface area (Å²) in [5.74, 6) is 1.77. The average Bonchev–Trinajstić information content (AvgIpc) is 3.78. The summed E-state index contributed by atoms with van der Waals surface area (Å²) in [5.41, 5.74) is 8.12. The molecule has 242 valence electrons. The lowest BCUT2D eigenvalue weighted by Crippen LogP contribution is -2.00. The lowest BCUT2D eigenvalue weighted by atomic mass is 9.92. The van der Waals surface area contributed by atoms with Crippen LogP contribution in [0, 0.1) is 0 Å². The molecular weight excluding hydrogens is 641 g/mol. The van der Waals surface area contributed by atoms with Gasteiger partial charge in [-0.15, -0.1) is 0 Å². The molecule has 6 nitrogen and oxygen atoms in total. The van der Waals surface area contributed by atoms with Crippen LogP contribution in [0.4, 0.5) is 0 Å². The van der Waals surface area contributed by atoms with Crippen molar-refractivity contribution in [2.75, 3.05) is 0 Å². The SMILES string of the molecule is c1ccc(-c2nc(-c3cc(-c4cccc5oc6cc7cnccc7cc6c45)c4ccccc4c3)nc(-c3cccc4oc5ccccc5c34)n2)cc1. The molecule has 0 N–H and O–H groups in total. The minimum Gasteiger partial charge on any atom is -0.456 e. The zero-order valence-electron chi connectivity index (χ0n) is 27.6. The van der Waals surface area contributed by atoms with Gasteiger partial charge in [0.15, 0.2) is 17.5 Å². The van der Waals surface area contributed by atoms with Crippen molar-refractivity contribution in [3.05, 3.63) is 158 Å². The normalized spacial score (nSPS) is 11.8. The second kappa shape index (κ2) is 11.2. The van der Waals surface area contributed by atoms with Crippen molar-refractivity contribution < 1.29 is 8.83 Å². The molecule has 0 fully saturated rings. The Hall–Kier alpha value is -7.18. The number of benzene rings is 7. The Morgan fingerprint density at radius 3 is 1.90 bits per heavy atom. The van der Waals surface area contributed by atoms with Crippen molar-refractivity contribution in [1.29, 1.82) is 0 Å². The van der Waals surface area contributed by atoms with E-state index in [2.05, 4.69) is 77.8 Å². The van der Waals surface area contributed by atoms with Crippen molar-refractivity contribution in [3.8, 4) is 45.3 Å². The van der Waals surface area contributed by atoms with Crippen LogP contribution >= 0.6 is 0 Å². The molecule has 11 rings (SSSR count). The standard InChI is InChI=1S/C46H26N4O2/c1-2-10-27(11-3-1)44-48-45(50-46(49-44)35-16-9-19-40-43(35)34-14-6-7-17-38(34)51-40)30-22-29-12-4-5-13-32(29)36(24-30)33-15-8-18-39-42(33)37-23-28-20-21-47-26-31(28)25-41(37)52-39/h1-26H. The van der Waals surface area contributed by atoms with Gasteiger partial charge >= 0.3 is 0 Å². The van der Waals surface area contributed by atoms with Crippen molar-refractivity contribution in [3.63, 3.8) is 0 Å². The van der Waals surface area contributed by atoms with E-state index < -0.39 is 0 Å². The van der Waals surface area contributed by atoms with Crippen LogP contribution in [0.25, 0.3) is 111 Å². The number of para-hydroxylation sites is 1. The van der Waals surface area contributed by atoms with Crippen LogP contribution in [0.15, 0.2) is 167 Å². The first-order valence-electron chi connectivity index (χ1n) is 17.2. The monoisotopic (exact) mass is 666 g/mol. The maximum absolute atomic E-state index is 6.47. The van der Waals surface area contributed by atoms with Gasteiger partial charge in [-0.1, -0.05) is 97.1 Å². The van der Waals surface area contributed by atoms with Gasteiger partial charge in [0.05, 0.1) is 0 Å². The minimum absolute atomic E-state index is 0.583. The van der Waals surface area contributed by atoms with Gasteiger partial charge in [-0.25, -0.2) is 15.0 Å². The molecule has 0 spiro atoms. The number of pyridine rings is 1. The first-order valence-corrected chi connectivity index (χ1v) is 17.2. The topological polar surface area (TPSA) is 77.8 Å². The maximum atomic E-state index is 6.47. The maximum Gasteiger partial charge on any atom is 0.164 e. The smallest absolute Gasteiger partial charge is 0.164 e. The Morgan fingerprint density at radius 1 is 0.365 bits per heavy atom. The first kappa shape index (κ1) is 28.6. The van der Waals surface area contributed by atoms with Crippen molar-refractivity contribution in [2.24, 2.45) is 0 Å². The molecule has 6 heteroatoms. The molecular formula is C46H26N4O2. The van der Waals surface area contributed by atoms with Crippen LogP contribution < -0.4 is 0 Å². The predicted molar refractivity (Wildman–Crippen MR) is 209 cm³/mol. The van der Waals surface area contributed by atoms with Gasteiger partial charge in [-0.05, 0) is 75.8 Å². The van der Waals surface area contributed by atoms with E-state index >= 15 is 0 Å². The molecule has 0 atom stereocenters. The van der Waals surface area contributed by atoms with E-state index in [9.17, 15) is 0 Å². The third kappa shape index (κ3) is 4.44. The Morgan fingerprint density at radius 2 is 1.04 bits per heavy atom. The van der Waals surface area contributed by atoms with Crippen LogP contribution in [0.2, 0.25) is 0 Å². The van der Waals surface area contributed by atoms with E-state index in [1.165, 1.54) is 0 Å². The molecule has 11 aromatic rings. The second-order valence-electron chi connectivity index (χ2n) is 13.0. The second-order valence-corrected chi connectivity index (χ2v) is 13.0. The summed E-state index contributed by atoms with van der Waals surface area (Å²) < 4.78 is 12.7. The summed E-state index contributed by atoms with van der Waals surface area (Å²) in [4.78, 5) is 19.8. The highest BCUT2D eigenvalue weighted by Gasteiger charge is 2.20. The molecule has 7 aromatic carbocycles. The van der Waals surface area contributed by atoms with Crippen LogP contribution in [0.5, 0.6) is 0 Å². The van der Waals surface area contributed by atoms with E-state index in [0.717, 1.165) is 93.2 Å². The number of fused-ring (bicyclic) bond motifs is 8. The fourth-order valence-electron chi connectivity index (χ4n) is 7.60. The third-order valence-corrected chi connectivity index (χ3v) is 9.98. The van der Waals surface area contributed by atoms with Gasteiger partial charge in [-0.2, -0.15) is 0 Å². The molecule has 0 saturated heterocycles. The lowest BCUT2D eigenvalue weighted by Gasteiger charge is -2.13. The number of nitrogens with zero attached hydrogens (tertiary/aromatic N) is 4. The summed E-state index contributed by atoms with van der Waals surface area (Å²) in [6, 6.07) is 49.7. The Bertz CT molecular complexity index is 3200. The summed E-state index contributed by atoms with van der Waals surface area (Å²) in [6.07, 6.45) is 3.71. The average molecular weight is 667 g/mol. The Balaban J connectivity index is 1.19. The first-order chi connectivity index (χ1) is 25.7. The predicted octanol–water partition coefficient (Wildman–Crippen LogP) is 12.0. The molecule has 4 heterocycles. The van der Waals surface area contributed by atoms with Crippen LogP contribution in [-0.2, 0) is 0 Å². The number of aromatic nitrogens is 4. The van der Waals surface area contributed by atoms with Gasteiger partial charge < -0.3 is 8.83 Å². The van der Waals surface area contributed by atoms with E-state index in [-0.39, 0.29) is 0 Å². The molecule has 0 aliphatic rings. The molecule has 52 heavy (non-hydrogen) atoms. The quantitative estimate of drug-likeness (QED) is 0.186. The van der Waals surface area contributed by atoms with E-state index in [1.807, 2.05) is 85.2 Å². The fourth-order valence-corrected chi connectivity index (χ4v) is 7.60. The van der Waals surface area contributed by atoms with Crippen LogP contribution in [0.1, 0.15) is 0 Å². The molecule has 0 saturated carbocycles. The molecule has 0 bridgehead atoms. The van der Waals surface area contributed by atoms with Gasteiger partial charge in [0.1, 0.15) is 22.3 Å². The van der Waals surface area contributed by atoms with E-state index in [4.69, 9.17) is 23.8 Å². The van der Waals surface area contributed by atoms with Gasteiger partial charge in [0.2, 0.25) is 0 Å². The molecule has 0 aliphatic carbocycles. The van der Waals surface area contributed by atoms with Crippen molar-refractivity contribution in [2.45, 2.75) is 0 Å². The summed E-state index contributed by atoms with van der Waals surface area (Å²) in [6.45, 7) is 0. The Kier molecular flexibility index (Phi) is 6.15. The number of furan rings is 2. The summed E-state index contributed by atoms with van der Waals surface area (Å²) in [5, 5.41) is 8.51. The number of hydrogen-bond donors (Lipinski definition) is 0. The van der Waals surface area contributed by atoms with Gasteiger partial charge in [0.25, 0.3) is 0 Å². The third-order valence-electron chi connectivity index (χ3n) is 9.98. The van der Waals surface area contributed by atoms with Gasteiger partial charge in [-0.3, -0.25) is 4.98 Å². The highest BCUT2D eigenvalue weighted by Crippen LogP contribution is 2.42. The number of hydrogen-bond acceptors (Lipinski definition) is 6. The van der Waals surface area contributed by atoms with E-state index in [0.29, 0.717) is 17.5 Å². The fraction of sp³-hybridized carbons (Fsp3) is 0. The minimum atomic E-state index is 0.583. The van der Waals surface area contributed by atoms with Crippen molar-refractivity contribution in [1.82, 2.24) is 19.9 Å². The Labute approximate surface area is 296 Å². The lowest BCUT2D eigenvalue weighted by molar-refractivity contribution is 0.669. The summed E-state index contributed by atoms with van der Waals surface area (Å²) >= 11 is 0. The molecule has 0 amide bonds. The van der Waals surface area contributed by atoms with Gasteiger partial charge in [0, 0.05) is 56.0 Å². The molecule has 0 radical (unpaired) electrons. The summed E-state index contributed by atoms with van der Waals surface area (Å²) in [7, 11) is 0. The largest absolute Gasteiger partial charge is 0.456 e. The van der Waals surface area contributed by atoms with Crippen LogP contribution in [0.3, 0.4) is 0 Å². The highest BCUT2D eigenvalue weighted by molar-refractivity contribution is 6.18. The zero-order valence-corrected chi connectivity index (χ0v) is 27.6. The van der Waals surface area contributed by atoms with E-state index in [1.54, 1.807) is 0 Å². The van der Waals surface area contributed by atoms with Crippen molar-refractivity contribution >= 4 is 65.4 Å². The highest BCUT2D eigenvalue weighted by atomic mass is 16.3. The van der Waals surface area contributed by atoms with Crippen LogP contribution in [-0.4, -0.2) is 19.9 Å².